The first-order valence-corrected chi connectivity index (χ1v) is 18.2. The lowest BCUT2D eigenvalue weighted by Crippen LogP contribution is -2.57. The summed E-state index contributed by atoms with van der Waals surface area (Å²) in [6, 6.07) is 10.5. The molecule has 54 heavy (non-hydrogen) atoms. The van der Waals surface area contributed by atoms with E-state index in [1.165, 1.54) is 0 Å². The second-order valence-corrected chi connectivity index (χ2v) is 17.6. The highest BCUT2D eigenvalue weighted by molar-refractivity contribution is 5.88. The minimum Gasteiger partial charge on any atom is -0.450 e. The first kappa shape index (κ1) is 45.8. The van der Waals surface area contributed by atoms with E-state index in [-0.39, 0.29) is 56.5 Å². The van der Waals surface area contributed by atoms with E-state index in [0.717, 1.165) is 23.8 Å². The summed E-state index contributed by atoms with van der Waals surface area (Å²) in [5.74, 6) is -3.81. The monoisotopic (exact) mass is 758 g/mol. The molecule has 0 aliphatic carbocycles. The minimum atomic E-state index is -1.46. The summed E-state index contributed by atoms with van der Waals surface area (Å²) >= 11 is 0. The van der Waals surface area contributed by atoms with Gasteiger partial charge in [-0.25, -0.2) is 8.78 Å². The molecule has 2 aromatic rings. The molecule has 0 aromatic heterocycles. The van der Waals surface area contributed by atoms with Gasteiger partial charge in [-0.05, 0) is 61.9 Å². The third kappa shape index (κ3) is 15.9. The highest BCUT2D eigenvalue weighted by atomic mass is 19.1. The Hall–Kier alpha value is -4.39. The number of benzene rings is 2. The van der Waals surface area contributed by atoms with E-state index in [0.29, 0.717) is 0 Å². The van der Waals surface area contributed by atoms with Crippen LogP contribution in [-0.2, 0) is 46.5 Å². The molecule has 0 heterocycles. The van der Waals surface area contributed by atoms with E-state index >= 15 is 0 Å². The quantitative estimate of drug-likeness (QED) is 0.158. The fourth-order valence-electron chi connectivity index (χ4n) is 4.74. The lowest BCUT2D eigenvalue weighted by Gasteiger charge is -2.32. The topological polar surface area (TPSA) is 152 Å². The molecule has 11 nitrogen and oxygen atoms in total. The zero-order chi connectivity index (χ0) is 41.1. The van der Waals surface area contributed by atoms with Gasteiger partial charge in [-0.3, -0.25) is 24.0 Å². The average molecular weight is 759 g/mol. The maximum absolute atomic E-state index is 14.5. The molecule has 1 unspecified atom stereocenters. The van der Waals surface area contributed by atoms with Crippen LogP contribution in [0.5, 0.6) is 0 Å². The molecule has 0 spiro atoms. The first-order chi connectivity index (χ1) is 24.8. The maximum Gasteiger partial charge on any atom is 0.312 e. The summed E-state index contributed by atoms with van der Waals surface area (Å²) in [6.45, 7) is 19.0. The predicted octanol–water partition coefficient (Wildman–Crippen LogP) is 5.39. The van der Waals surface area contributed by atoms with Gasteiger partial charge in [0.15, 0.2) is 0 Å². The zero-order valence-corrected chi connectivity index (χ0v) is 33.7. The summed E-state index contributed by atoms with van der Waals surface area (Å²) in [7, 11) is 0. The number of hydrogen-bond donors (Lipinski definition) is 4. The van der Waals surface area contributed by atoms with Crippen molar-refractivity contribution in [3.05, 3.63) is 71.3 Å². The van der Waals surface area contributed by atoms with Gasteiger partial charge in [-0.15, -0.1) is 0 Å². The minimum absolute atomic E-state index is 0.0224. The van der Waals surface area contributed by atoms with Crippen LogP contribution in [-0.4, -0.2) is 67.5 Å². The standard InChI is InChI=1S/C41H60F2N4O7/c1-38(2,3)35(50)46-29(20-27-19-28(42)17-18-30(27)43)21-32(48)44-24-41(10,11)25-45-34(49)33(54-37(52)40(7,8)9)31(47-36(51)39(4,5)6)23-53-22-26-15-13-12-14-16-26/h12-19,29,31,33H,20-25H2,1-11H3,(H,44,48)(H,45,49)(H,46,50)(H,47,51)/t29?,31-,33+/m1/s1. The van der Waals surface area contributed by atoms with Crippen molar-refractivity contribution in [1.82, 2.24) is 21.3 Å². The highest BCUT2D eigenvalue weighted by Crippen LogP contribution is 2.21. The van der Waals surface area contributed by atoms with Gasteiger partial charge in [0, 0.05) is 36.4 Å². The van der Waals surface area contributed by atoms with E-state index in [1.807, 2.05) is 30.3 Å². The van der Waals surface area contributed by atoms with Crippen LogP contribution in [0.25, 0.3) is 0 Å². The Morgan fingerprint density at radius 1 is 0.722 bits per heavy atom. The largest absolute Gasteiger partial charge is 0.450 e. The number of carbonyl (C=O) groups is 5. The molecule has 0 saturated heterocycles. The zero-order valence-electron chi connectivity index (χ0n) is 33.7. The van der Waals surface area contributed by atoms with Gasteiger partial charge in [0.25, 0.3) is 5.91 Å². The molecule has 0 fully saturated rings. The van der Waals surface area contributed by atoms with Gasteiger partial charge >= 0.3 is 5.97 Å². The molecule has 4 amide bonds. The summed E-state index contributed by atoms with van der Waals surface area (Å²) < 4.78 is 40.1. The van der Waals surface area contributed by atoms with Crippen LogP contribution in [0.15, 0.2) is 48.5 Å². The van der Waals surface area contributed by atoms with Crippen LogP contribution in [0, 0.1) is 33.3 Å². The van der Waals surface area contributed by atoms with Gasteiger partial charge in [-0.2, -0.15) is 0 Å². The molecule has 2 aromatic carbocycles. The molecule has 0 aliphatic heterocycles. The van der Waals surface area contributed by atoms with Gasteiger partial charge in [0.1, 0.15) is 11.6 Å². The van der Waals surface area contributed by atoms with E-state index in [9.17, 15) is 32.8 Å². The van der Waals surface area contributed by atoms with Crippen molar-refractivity contribution in [2.75, 3.05) is 19.7 Å². The van der Waals surface area contributed by atoms with Gasteiger partial charge in [0.2, 0.25) is 23.8 Å². The molecular weight excluding hydrogens is 698 g/mol. The molecule has 0 aliphatic rings. The SMILES string of the molecule is CC(C)(CNC(=O)CC(Cc1cc(F)ccc1F)NC(=O)C(C)(C)C)CNC(=O)[C@@H](OC(=O)C(C)(C)C)[C@@H](COCc1ccccc1)NC(=O)C(C)(C)C. The number of ether oxygens (including phenoxy) is 2. The average Bonchev–Trinajstić information content (AvgIpc) is 3.05. The van der Waals surface area contributed by atoms with Crippen molar-refractivity contribution < 1.29 is 42.2 Å². The number of hydrogen-bond acceptors (Lipinski definition) is 7. The van der Waals surface area contributed by atoms with Crippen molar-refractivity contribution in [2.45, 2.75) is 114 Å². The van der Waals surface area contributed by atoms with Crippen molar-refractivity contribution >= 4 is 29.6 Å². The molecule has 300 valence electrons. The molecule has 4 N–H and O–H groups in total. The Bertz CT molecular complexity index is 1600. The lowest BCUT2D eigenvalue weighted by molar-refractivity contribution is -0.167. The van der Waals surface area contributed by atoms with E-state index < -0.39 is 69.3 Å². The number of carbonyl (C=O) groups excluding carboxylic acids is 5. The highest BCUT2D eigenvalue weighted by Gasteiger charge is 2.39. The van der Waals surface area contributed by atoms with E-state index in [4.69, 9.17) is 9.47 Å². The summed E-state index contributed by atoms with van der Waals surface area (Å²) in [4.78, 5) is 66.2. The van der Waals surface area contributed by atoms with Gasteiger partial charge in [0.05, 0.1) is 24.7 Å². The summed E-state index contributed by atoms with van der Waals surface area (Å²) in [6.07, 6.45) is -1.79. The number of halogens is 2. The van der Waals surface area contributed by atoms with Crippen molar-refractivity contribution in [3.8, 4) is 0 Å². The molecule has 2 rings (SSSR count). The predicted molar refractivity (Wildman–Crippen MR) is 203 cm³/mol. The van der Waals surface area contributed by atoms with E-state index in [1.54, 1.807) is 76.2 Å². The molecule has 0 saturated carbocycles. The van der Waals surface area contributed by atoms with E-state index in [2.05, 4.69) is 21.3 Å². The number of rotatable bonds is 17. The van der Waals surface area contributed by atoms with Crippen LogP contribution in [0.3, 0.4) is 0 Å². The van der Waals surface area contributed by atoms with Crippen LogP contribution >= 0.6 is 0 Å². The molecule has 0 bridgehead atoms. The Labute approximate surface area is 319 Å². The Morgan fingerprint density at radius 2 is 1.30 bits per heavy atom. The fraction of sp³-hybridized carbons (Fsp3) is 0.585. The fourth-order valence-corrected chi connectivity index (χ4v) is 4.74. The van der Waals surface area contributed by atoms with Gasteiger partial charge < -0.3 is 30.7 Å². The van der Waals surface area contributed by atoms with Crippen molar-refractivity contribution in [3.63, 3.8) is 0 Å². The molecule has 3 atom stereocenters. The number of nitrogens with one attached hydrogen (secondary N) is 4. The molecule has 13 heteroatoms. The molecular formula is C41H60F2N4O7. The Kier molecular flexibility index (Phi) is 16.3. The summed E-state index contributed by atoms with van der Waals surface area (Å²) in [5, 5.41) is 11.3. The van der Waals surface area contributed by atoms with Crippen LogP contribution < -0.4 is 21.3 Å². The maximum atomic E-state index is 14.5. The summed E-state index contributed by atoms with van der Waals surface area (Å²) in [5.41, 5.74) is -2.43. The Morgan fingerprint density at radius 3 is 1.87 bits per heavy atom. The lowest BCUT2D eigenvalue weighted by atomic mass is 9.92. The number of amides is 4. The van der Waals surface area contributed by atoms with Crippen LogP contribution in [0.2, 0.25) is 0 Å². The molecule has 0 radical (unpaired) electrons. The second-order valence-electron chi connectivity index (χ2n) is 17.6. The van der Waals surface area contributed by atoms with Crippen LogP contribution in [0.4, 0.5) is 8.78 Å². The normalized spacial score (nSPS) is 13.9. The number of esters is 1. The van der Waals surface area contributed by atoms with Crippen molar-refractivity contribution in [2.24, 2.45) is 21.7 Å². The van der Waals surface area contributed by atoms with Crippen LogP contribution in [0.1, 0.15) is 93.7 Å². The second kappa shape index (κ2) is 19.3. The van der Waals surface area contributed by atoms with Gasteiger partial charge in [-0.1, -0.05) is 85.7 Å². The smallest absolute Gasteiger partial charge is 0.312 e. The third-order valence-electron chi connectivity index (χ3n) is 8.30. The first-order valence-electron chi connectivity index (χ1n) is 18.2. The third-order valence-corrected chi connectivity index (χ3v) is 8.30. The Balaban J connectivity index is 2.20. The van der Waals surface area contributed by atoms with Crippen molar-refractivity contribution in [1.29, 1.82) is 0 Å².